The minimum atomic E-state index is 0.267. The van der Waals surface area contributed by atoms with Crippen LogP contribution in [0.1, 0.15) is 82.3 Å². The summed E-state index contributed by atoms with van der Waals surface area (Å²) in [4.78, 5) is 28.2. The summed E-state index contributed by atoms with van der Waals surface area (Å²) in [5.74, 6) is 0. The highest BCUT2D eigenvalue weighted by Gasteiger charge is 2.04. The lowest BCUT2D eigenvalue weighted by Crippen LogP contribution is -1.90. The number of isocyanates is 2. The fourth-order valence-electron chi connectivity index (χ4n) is 3.00. The summed E-state index contributed by atoms with van der Waals surface area (Å²) in [6, 6.07) is 5.70. The van der Waals surface area contributed by atoms with E-state index in [0.717, 1.165) is 24.0 Å². The largest absolute Gasteiger partial charge is 0.240 e. The van der Waals surface area contributed by atoms with Gasteiger partial charge in [-0.15, -0.1) is 0 Å². The molecule has 0 saturated heterocycles. The van der Waals surface area contributed by atoms with Gasteiger partial charge in [0.2, 0.25) is 12.2 Å². The van der Waals surface area contributed by atoms with Crippen molar-refractivity contribution in [1.82, 2.24) is 0 Å². The average Bonchev–Trinajstić information content (AvgIpc) is 2.63. The third kappa shape index (κ3) is 9.76. The predicted molar refractivity (Wildman–Crippen MR) is 102 cm³/mol. The van der Waals surface area contributed by atoms with Crippen molar-refractivity contribution in [3.05, 3.63) is 29.3 Å². The van der Waals surface area contributed by atoms with Gasteiger partial charge in [0.1, 0.15) is 0 Å². The molecule has 0 aliphatic heterocycles. The van der Waals surface area contributed by atoms with Crippen LogP contribution in [0.25, 0.3) is 0 Å². The zero-order chi connectivity index (χ0) is 18.2. The molecule has 0 amide bonds. The molecule has 136 valence electrons. The van der Waals surface area contributed by atoms with Crippen molar-refractivity contribution in [2.45, 2.75) is 84.1 Å². The highest BCUT2D eigenvalue weighted by molar-refractivity contribution is 5.55. The molecule has 0 bridgehead atoms. The van der Waals surface area contributed by atoms with Gasteiger partial charge < -0.3 is 0 Å². The van der Waals surface area contributed by atoms with Crippen LogP contribution in [0, 0.1) is 0 Å². The van der Waals surface area contributed by atoms with Gasteiger partial charge in [-0.05, 0) is 30.0 Å². The lowest BCUT2D eigenvalue weighted by atomic mass is 10.0. The molecule has 0 saturated carbocycles. The third-order valence-electron chi connectivity index (χ3n) is 4.44. The first-order chi connectivity index (χ1) is 12.3. The SMILES string of the molecule is CCCCCCCCCCCCc1ccc(CN=C=O)cc1N=C=O. The molecule has 1 aromatic rings. The molecule has 0 unspecified atom stereocenters. The second kappa shape index (κ2) is 14.3. The van der Waals surface area contributed by atoms with E-state index in [1.54, 1.807) is 12.1 Å². The maximum atomic E-state index is 10.6. The number of aryl methyl sites for hydroxylation is 1. The molecule has 25 heavy (non-hydrogen) atoms. The first-order valence-electron chi connectivity index (χ1n) is 9.55. The van der Waals surface area contributed by atoms with Gasteiger partial charge in [0.05, 0.1) is 12.2 Å². The Balaban J connectivity index is 2.29. The van der Waals surface area contributed by atoms with E-state index < -0.39 is 0 Å². The Morgan fingerprint density at radius 3 is 2.08 bits per heavy atom. The Morgan fingerprint density at radius 2 is 1.48 bits per heavy atom. The number of nitrogens with zero attached hydrogens (tertiary/aromatic N) is 2. The van der Waals surface area contributed by atoms with Crippen LogP contribution in [-0.4, -0.2) is 12.2 Å². The van der Waals surface area contributed by atoms with Gasteiger partial charge in [0.15, 0.2) is 0 Å². The molecular formula is C21H30N2O2. The summed E-state index contributed by atoms with van der Waals surface area (Å²) in [5, 5.41) is 0. The molecule has 0 spiro atoms. The number of hydrogen-bond acceptors (Lipinski definition) is 4. The van der Waals surface area contributed by atoms with Gasteiger partial charge in [-0.3, -0.25) is 0 Å². The lowest BCUT2D eigenvalue weighted by molar-refractivity contribution is 0.556. The fourth-order valence-corrected chi connectivity index (χ4v) is 3.00. The maximum absolute atomic E-state index is 10.6. The van der Waals surface area contributed by atoms with E-state index in [1.165, 1.54) is 63.9 Å². The number of unbranched alkanes of at least 4 members (excludes halogenated alkanes) is 9. The smallest absolute Gasteiger partial charge is 0.211 e. The summed E-state index contributed by atoms with van der Waals surface area (Å²) in [5.41, 5.74) is 2.55. The number of rotatable bonds is 14. The number of benzene rings is 1. The van der Waals surface area contributed by atoms with Crippen molar-refractivity contribution < 1.29 is 9.59 Å². The lowest BCUT2D eigenvalue weighted by Gasteiger charge is -2.07. The third-order valence-corrected chi connectivity index (χ3v) is 4.44. The van der Waals surface area contributed by atoms with Crippen LogP contribution < -0.4 is 0 Å². The first kappa shape index (κ1) is 21.0. The van der Waals surface area contributed by atoms with Crippen molar-refractivity contribution in [2.24, 2.45) is 9.98 Å². The minimum Gasteiger partial charge on any atom is -0.211 e. The summed E-state index contributed by atoms with van der Waals surface area (Å²) >= 11 is 0. The number of carbonyl (C=O) groups excluding carboxylic acids is 2. The van der Waals surface area contributed by atoms with E-state index in [2.05, 4.69) is 16.9 Å². The van der Waals surface area contributed by atoms with Crippen LogP contribution in [0.2, 0.25) is 0 Å². The molecule has 0 aliphatic rings. The van der Waals surface area contributed by atoms with Crippen molar-refractivity contribution >= 4 is 17.8 Å². The molecule has 0 aromatic heterocycles. The zero-order valence-corrected chi connectivity index (χ0v) is 15.4. The molecule has 0 fully saturated rings. The molecule has 0 heterocycles. The van der Waals surface area contributed by atoms with Crippen molar-refractivity contribution in [3.63, 3.8) is 0 Å². The van der Waals surface area contributed by atoms with Gasteiger partial charge in [-0.25, -0.2) is 14.6 Å². The van der Waals surface area contributed by atoms with Crippen molar-refractivity contribution in [2.75, 3.05) is 0 Å². The van der Waals surface area contributed by atoms with Gasteiger partial charge >= 0.3 is 0 Å². The van der Waals surface area contributed by atoms with Crippen LogP contribution >= 0.6 is 0 Å². The molecule has 0 aliphatic carbocycles. The standard InChI is InChI=1S/C21H30N2O2/c1-2-3-4-5-6-7-8-9-10-11-12-20-14-13-19(16-22-17-24)15-21(20)23-18-25/h13-15H,2-12,16H2,1H3. The summed E-state index contributed by atoms with van der Waals surface area (Å²) in [6.07, 6.45) is 17.1. The Kier molecular flexibility index (Phi) is 12.1. The topological polar surface area (TPSA) is 58.9 Å². The van der Waals surface area contributed by atoms with Gasteiger partial charge in [-0.1, -0.05) is 76.8 Å². The molecule has 1 aromatic carbocycles. The van der Waals surface area contributed by atoms with Crippen molar-refractivity contribution in [3.8, 4) is 0 Å². The van der Waals surface area contributed by atoms with Crippen LogP contribution in [0.5, 0.6) is 0 Å². The van der Waals surface area contributed by atoms with E-state index in [-0.39, 0.29) is 6.54 Å². The summed E-state index contributed by atoms with van der Waals surface area (Å²) < 4.78 is 0. The van der Waals surface area contributed by atoms with E-state index >= 15 is 0 Å². The highest BCUT2D eigenvalue weighted by Crippen LogP contribution is 2.23. The molecule has 0 atom stereocenters. The second-order valence-corrected chi connectivity index (χ2v) is 6.51. The monoisotopic (exact) mass is 342 g/mol. The maximum Gasteiger partial charge on any atom is 0.240 e. The minimum absolute atomic E-state index is 0.267. The molecule has 4 nitrogen and oxygen atoms in total. The van der Waals surface area contributed by atoms with E-state index in [1.807, 2.05) is 12.1 Å². The highest BCUT2D eigenvalue weighted by atomic mass is 16.1. The Bertz CT molecular complexity index is 586. The fraction of sp³-hybridized carbons (Fsp3) is 0.619. The van der Waals surface area contributed by atoms with E-state index in [9.17, 15) is 9.59 Å². The molecule has 0 N–H and O–H groups in total. The predicted octanol–water partition coefficient (Wildman–Crippen LogP) is 5.95. The van der Waals surface area contributed by atoms with Crippen LogP contribution in [-0.2, 0) is 22.6 Å². The average molecular weight is 342 g/mol. The number of hydrogen-bond donors (Lipinski definition) is 0. The Labute approximate surface area is 151 Å². The Morgan fingerprint density at radius 1 is 0.840 bits per heavy atom. The Hall–Kier alpha value is -2.02. The molecule has 0 radical (unpaired) electrons. The summed E-state index contributed by atoms with van der Waals surface area (Å²) in [7, 11) is 0. The zero-order valence-electron chi connectivity index (χ0n) is 15.4. The van der Waals surface area contributed by atoms with Gasteiger partial charge in [-0.2, -0.15) is 4.99 Å². The normalized spacial score (nSPS) is 10.1. The molecule has 4 heteroatoms. The molecule has 1 rings (SSSR count). The van der Waals surface area contributed by atoms with Crippen molar-refractivity contribution in [1.29, 1.82) is 0 Å². The number of aliphatic imine (C=N–C) groups is 2. The van der Waals surface area contributed by atoms with Gasteiger partial charge in [0.25, 0.3) is 0 Å². The van der Waals surface area contributed by atoms with Gasteiger partial charge in [0, 0.05) is 0 Å². The van der Waals surface area contributed by atoms with Crippen LogP contribution in [0.15, 0.2) is 28.2 Å². The second-order valence-electron chi connectivity index (χ2n) is 6.51. The quantitative estimate of drug-likeness (QED) is 0.238. The molecular weight excluding hydrogens is 312 g/mol. The first-order valence-corrected chi connectivity index (χ1v) is 9.55. The van der Waals surface area contributed by atoms with E-state index in [4.69, 9.17) is 0 Å². The summed E-state index contributed by atoms with van der Waals surface area (Å²) in [6.45, 7) is 2.52. The van der Waals surface area contributed by atoms with Crippen LogP contribution in [0.4, 0.5) is 5.69 Å². The van der Waals surface area contributed by atoms with E-state index in [0.29, 0.717) is 5.69 Å². The van der Waals surface area contributed by atoms with Crippen LogP contribution in [0.3, 0.4) is 0 Å².